The molecule has 0 spiro atoms. The first kappa shape index (κ1) is 19.2. The van der Waals surface area contributed by atoms with Gasteiger partial charge in [-0.15, -0.1) is 0 Å². The summed E-state index contributed by atoms with van der Waals surface area (Å²) >= 11 is 0. The number of rotatable bonds is 7. The van der Waals surface area contributed by atoms with Crippen LogP contribution in [-0.2, 0) is 14.3 Å². The lowest BCUT2D eigenvalue weighted by Gasteiger charge is -2.24. The summed E-state index contributed by atoms with van der Waals surface area (Å²) < 4.78 is 11.2. The molecule has 2 N–H and O–H groups in total. The van der Waals surface area contributed by atoms with Crippen molar-refractivity contribution in [3.63, 3.8) is 0 Å². The zero-order valence-electron chi connectivity index (χ0n) is 15.4. The van der Waals surface area contributed by atoms with Crippen molar-refractivity contribution in [2.24, 2.45) is 5.41 Å². The fraction of sp³-hybridized carbons (Fsp3) is 0.579. The van der Waals surface area contributed by atoms with Gasteiger partial charge in [-0.25, -0.2) is 0 Å². The molecule has 0 aliphatic carbocycles. The van der Waals surface area contributed by atoms with E-state index in [2.05, 4.69) is 10.6 Å². The second-order valence-corrected chi connectivity index (χ2v) is 7.09. The van der Waals surface area contributed by atoms with Gasteiger partial charge in [-0.3, -0.25) is 9.59 Å². The van der Waals surface area contributed by atoms with Crippen LogP contribution in [0.1, 0.15) is 40.5 Å². The zero-order valence-corrected chi connectivity index (χ0v) is 15.4. The largest absolute Gasteiger partial charge is 0.489 e. The van der Waals surface area contributed by atoms with Crippen molar-refractivity contribution in [1.29, 1.82) is 0 Å². The number of carbonyl (C=O) groups is 2. The summed E-state index contributed by atoms with van der Waals surface area (Å²) in [5.74, 6) is -0.110. The number of benzene rings is 1. The topological polar surface area (TPSA) is 76.7 Å². The fourth-order valence-electron chi connectivity index (χ4n) is 2.54. The number of hydrogen-bond acceptors (Lipinski definition) is 4. The Hall–Kier alpha value is -2.08. The van der Waals surface area contributed by atoms with Gasteiger partial charge in [0.15, 0.2) is 0 Å². The SMILES string of the molecule is CC(C)Oc1ccccc1NC(=O)C(C)(C)C(=O)NCC1CCCO1. The maximum atomic E-state index is 12.7. The molecule has 25 heavy (non-hydrogen) atoms. The average molecular weight is 348 g/mol. The molecule has 0 radical (unpaired) electrons. The number of nitrogens with one attached hydrogen (secondary N) is 2. The third-order valence-corrected chi connectivity index (χ3v) is 4.15. The third kappa shape index (κ3) is 5.19. The second kappa shape index (κ2) is 8.34. The summed E-state index contributed by atoms with van der Waals surface area (Å²) in [4.78, 5) is 25.1. The van der Waals surface area contributed by atoms with Crippen LogP contribution < -0.4 is 15.4 Å². The van der Waals surface area contributed by atoms with Gasteiger partial charge in [-0.05, 0) is 52.7 Å². The number of para-hydroxylation sites is 2. The highest BCUT2D eigenvalue weighted by Crippen LogP contribution is 2.27. The Balaban J connectivity index is 1.99. The Morgan fingerprint density at radius 2 is 2.00 bits per heavy atom. The summed E-state index contributed by atoms with van der Waals surface area (Å²) in [5, 5.41) is 5.63. The van der Waals surface area contributed by atoms with E-state index in [1.54, 1.807) is 26.0 Å². The summed E-state index contributed by atoms with van der Waals surface area (Å²) in [5.41, 5.74) is -0.648. The summed E-state index contributed by atoms with van der Waals surface area (Å²) in [7, 11) is 0. The summed E-state index contributed by atoms with van der Waals surface area (Å²) in [6, 6.07) is 7.20. The number of amides is 2. The van der Waals surface area contributed by atoms with Gasteiger partial charge in [-0.2, -0.15) is 0 Å². The van der Waals surface area contributed by atoms with Crippen LogP contribution in [0.15, 0.2) is 24.3 Å². The minimum atomic E-state index is -1.20. The molecule has 1 saturated heterocycles. The Morgan fingerprint density at radius 3 is 2.64 bits per heavy atom. The van der Waals surface area contributed by atoms with E-state index in [1.807, 2.05) is 26.0 Å². The Kier molecular flexibility index (Phi) is 6.42. The Labute approximate surface area is 149 Å². The van der Waals surface area contributed by atoms with Crippen molar-refractivity contribution in [3.05, 3.63) is 24.3 Å². The monoisotopic (exact) mass is 348 g/mol. The van der Waals surface area contributed by atoms with Gasteiger partial charge in [0, 0.05) is 13.2 Å². The number of anilines is 1. The van der Waals surface area contributed by atoms with Gasteiger partial charge in [0.25, 0.3) is 0 Å². The molecule has 1 heterocycles. The molecule has 2 rings (SSSR count). The minimum absolute atomic E-state index is 0.0132. The number of carbonyl (C=O) groups excluding carboxylic acids is 2. The van der Waals surface area contributed by atoms with Gasteiger partial charge in [-0.1, -0.05) is 12.1 Å². The number of ether oxygens (including phenoxy) is 2. The van der Waals surface area contributed by atoms with Crippen molar-refractivity contribution >= 4 is 17.5 Å². The molecule has 1 unspecified atom stereocenters. The van der Waals surface area contributed by atoms with E-state index < -0.39 is 5.41 Å². The molecule has 1 fully saturated rings. The van der Waals surface area contributed by atoms with Crippen molar-refractivity contribution in [3.8, 4) is 5.75 Å². The maximum Gasteiger partial charge on any atom is 0.239 e. The standard InChI is InChI=1S/C19H28N2O4/c1-13(2)25-16-10-6-5-9-15(16)21-18(23)19(3,4)17(22)20-12-14-8-7-11-24-14/h5-6,9-10,13-14H,7-8,11-12H2,1-4H3,(H,20,22)(H,21,23). The van der Waals surface area contributed by atoms with Crippen LogP contribution in [0.2, 0.25) is 0 Å². The highest BCUT2D eigenvalue weighted by Gasteiger charge is 2.36. The predicted molar refractivity (Wildman–Crippen MR) is 96.6 cm³/mol. The van der Waals surface area contributed by atoms with Gasteiger partial charge < -0.3 is 20.1 Å². The molecule has 2 amide bonds. The molecule has 1 atom stereocenters. The molecule has 0 bridgehead atoms. The van der Waals surface area contributed by atoms with Crippen LogP contribution in [0.5, 0.6) is 5.75 Å². The van der Waals surface area contributed by atoms with Crippen LogP contribution in [0.4, 0.5) is 5.69 Å². The lowest BCUT2D eigenvalue weighted by molar-refractivity contribution is -0.138. The lowest BCUT2D eigenvalue weighted by Crippen LogP contribution is -2.47. The first-order valence-corrected chi connectivity index (χ1v) is 8.77. The van der Waals surface area contributed by atoms with Crippen molar-refractivity contribution in [2.45, 2.75) is 52.7 Å². The van der Waals surface area contributed by atoms with Crippen molar-refractivity contribution in [1.82, 2.24) is 5.32 Å². The normalized spacial score (nSPS) is 17.4. The molecule has 0 aromatic heterocycles. The van der Waals surface area contributed by atoms with E-state index >= 15 is 0 Å². The van der Waals surface area contributed by atoms with Crippen LogP contribution in [0.3, 0.4) is 0 Å². The first-order chi connectivity index (χ1) is 11.8. The highest BCUT2D eigenvalue weighted by molar-refractivity contribution is 6.10. The zero-order chi connectivity index (χ0) is 18.4. The minimum Gasteiger partial charge on any atom is -0.489 e. The second-order valence-electron chi connectivity index (χ2n) is 7.09. The van der Waals surface area contributed by atoms with Gasteiger partial charge >= 0.3 is 0 Å². The quantitative estimate of drug-likeness (QED) is 0.743. The van der Waals surface area contributed by atoms with Crippen molar-refractivity contribution in [2.75, 3.05) is 18.5 Å². The molecule has 138 valence electrons. The van der Waals surface area contributed by atoms with E-state index in [1.165, 1.54) is 0 Å². The summed E-state index contributed by atoms with van der Waals surface area (Å²) in [6.07, 6.45) is 1.98. The fourth-order valence-corrected chi connectivity index (χ4v) is 2.54. The predicted octanol–water partition coefficient (Wildman–Crippen LogP) is 2.73. The first-order valence-electron chi connectivity index (χ1n) is 8.77. The molecule has 0 saturated carbocycles. The van der Waals surface area contributed by atoms with Gasteiger partial charge in [0.05, 0.1) is 17.9 Å². The van der Waals surface area contributed by atoms with Crippen LogP contribution >= 0.6 is 0 Å². The molecule has 1 aliphatic rings. The molecular weight excluding hydrogens is 320 g/mol. The highest BCUT2D eigenvalue weighted by atomic mass is 16.5. The molecular formula is C19H28N2O4. The smallest absolute Gasteiger partial charge is 0.239 e. The van der Waals surface area contributed by atoms with Crippen LogP contribution in [-0.4, -0.2) is 37.2 Å². The molecule has 6 heteroatoms. The summed E-state index contributed by atoms with van der Waals surface area (Å²) in [6.45, 7) is 8.22. The molecule has 6 nitrogen and oxygen atoms in total. The third-order valence-electron chi connectivity index (χ3n) is 4.15. The van der Waals surface area contributed by atoms with Gasteiger partial charge in [0.1, 0.15) is 11.2 Å². The molecule has 1 aromatic carbocycles. The maximum absolute atomic E-state index is 12.7. The average Bonchev–Trinajstić information content (AvgIpc) is 3.07. The Bertz CT molecular complexity index is 607. The van der Waals surface area contributed by atoms with E-state index in [0.717, 1.165) is 19.4 Å². The van der Waals surface area contributed by atoms with Crippen LogP contribution in [0, 0.1) is 5.41 Å². The van der Waals surface area contributed by atoms with Crippen LogP contribution in [0.25, 0.3) is 0 Å². The van der Waals surface area contributed by atoms with Gasteiger partial charge in [0.2, 0.25) is 11.8 Å². The molecule has 1 aliphatic heterocycles. The van der Waals surface area contributed by atoms with E-state index in [4.69, 9.17) is 9.47 Å². The number of hydrogen-bond donors (Lipinski definition) is 2. The van der Waals surface area contributed by atoms with E-state index in [9.17, 15) is 9.59 Å². The lowest BCUT2D eigenvalue weighted by atomic mass is 9.90. The van der Waals surface area contributed by atoms with E-state index in [0.29, 0.717) is 18.0 Å². The van der Waals surface area contributed by atoms with E-state index in [-0.39, 0.29) is 24.0 Å². The van der Waals surface area contributed by atoms with Crippen molar-refractivity contribution < 1.29 is 19.1 Å². The molecule has 1 aromatic rings. The Morgan fingerprint density at radius 1 is 1.28 bits per heavy atom.